The van der Waals surface area contributed by atoms with Crippen LogP contribution in [0.5, 0.6) is 5.75 Å². The standard InChI is InChI=1S/C22H26N2O5/c1-15-6-12-20(13-7-15)28-14-4-5-21(26)29-16(2)22(27)24-19-10-8-18(9-11-19)23-17(3)25/h6-13,16H,4-5,14H2,1-3H3,(H,23,25)(H,24,27)/t16-/m0/s1. The van der Waals surface area contributed by atoms with E-state index in [4.69, 9.17) is 9.47 Å². The highest BCUT2D eigenvalue weighted by molar-refractivity contribution is 5.95. The number of hydrogen-bond acceptors (Lipinski definition) is 5. The molecule has 2 rings (SSSR count). The van der Waals surface area contributed by atoms with Crippen LogP contribution in [0.4, 0.5) is 11.4 Å². The van der Waals surface area contributed by atoms with Gasteiger partial charge in [-0.05, 0) is 56.7 Å². The van der Waals surface area contributed by atoms with Gasteiger partial charge in [-0.15, -0.1) is 0 Å². The average molecular weight is 398 g/mol. The summed E-state index contributed by atoms with van der Waals surface area (Å²) in [6.07, 6.45) is -0.267. The molecule has 0 fully saturated rings. The third-order valence-corrected chi connectivity index (χ3v) is 3.97. The van der Waals surface area contributed by atoms with Gasteiger partial charge in [0.1, 0.15) is 5.75 Å². The second-order valence-electron chi connectivity index (χ2n) is 6.64. The lowest BCUT2D eigenvalue weighted by molar-refractivity contribution is -0.153. The molecule has 2 aromatic rings. The van der Waals surface area contributed by atoms with Crippen LogP contribution in [0.2, 0.25) is 0 Å². The second-order valence-corrected chi connectivity index (χ2v) is 6.64. The Balaban J connectivity index is 1.69. The molecule has 2 N–H and O–H groups in total. The van der Waals surface area contributed by atoms with Crippen molar-refractivity contribution in [2.75, 3.05) is 17.2 Å². The molecule has 29 heavy (non-hydrogen) atoms. The van der Waals surface area contributed by atoms with Crippen molar-refractivity contribution in [3.8, 4) is 5.75 Å². The van der Waals surface area contributed by atoms with Gasteiger partial charge in [0.15, 0.2) is 6.10 Å². The van der Waals surface area contributed by atoms with Gasteiger partial charge in [0.2, 0.25) is 5.91 Å². The number of aryl methyl sites for hydroxylation is 1. The number of hydrogen-bond donors (Lipinski definition) is 2. The molecule has 0 bridgehead atoms. The van der Waals surface area contributed by atoms with Crippen LogP contribution < -0.4 is 15.4 Å². The normalized spacial score (nSPS) is 11.3. The summed E-state index contributed by atoms with van der Waals surface area (Å²) in [5, 5.41) is 5.31. The maximum atomic E-state index is 12.2. The molecule has 0 unspecified atom stereocenters. The van der Waals surface area contributed by atoms with Crippen molar-refractivity contribution >= 4 is 29.2 Å². The summed E-state index contributed by atoms with van der Waals surface area (Å²) >= 11 is 0. The van der Waals surface area contributed by atoms with Crippen molar-refractivity contribution in [3.63, 3.8) is 0 Å². The number of anilines is 2. The molecular weight excluding hydrogens is 372 g/mol. The molecule has 0 aliphatic carbocycles. The fourth-order valence-corrected chi connectivity index (χ4v) is 2.43. The topological polar surface area (TPSA) is 93.7 Å². The molecule has 154 valence electrons. The molecule has 0 heterocycles. The molecule has 7 heteroatoms. The van der Waals surface area contributed by atoms with E-state index in [0.29, 0.717) is 24.4 Å². The van der Waals surface area contributed by atoms with E-state index >= 15 is 0 Å². The van der Waals surface area contributed by atoms with Gasteiger partial charge in [0.05, 0.1) is 6.61 Å². The predicted octanol–water partition coefficient (Wildman–Crippen LogP) is 3.68. The van der Waals surface area contributed by atoms with Crippen LogP contribution >= 0.6 is 0 Å². The van der Waals surface area contributed by atoms with E-state index in [1.807, 2.05) is 31.2 Å². The Morgan fingerprint density at radius 2 is 1.52 bits per heavy atom. The number of carbonyl (C=O) groups excluding carboxylic acids is 3. The van der Waals surface area contributed by atoms with Crippen molar-refractivity contribution < 1.29 is 23.9 Å². The fraction of sp³-hybridized carbons (Fsp3) is 0.318. The van der Waals surface area contributed by atoms with E-state index in [9.17, 15) is 14.4 Å². The summed E-state index contributed by atoms with van der Waals surface area (Å²) in [4.78, 5) is 35.1. The van der Waals surface area contributed by atoms with Gasteiger partial charge in [-0.1, -0.05) is 17.7 Å². The van der Waals surface area contributed by atoms with Gasteiger partial charge in [0.25, 0.3) is 5.91 Å². The van der Waals surface area contributed by atoms with Crippen molar-refractivity contribution in [2.45, 2.75) is 39.7 Å². The first-order chi connectivity index (χ1) is 13.8. The van der Waals surface area contributed by atoms with Crippen molar-refractivity contribution in [1.29, 1.82) is 0 Å². The zero-order chi connectivity index (χ0) is 21.2. The summed E-state index contributed by atoms with van der Waals surface area (Å²) in [5.74, 6) is -0.310. The first-order valence-corrected chi connectivity index (χ1v) is 9.41. The molecule has 0 saturated heterocycles. The SMILES string of the molecule is CC(=O)Nc1ccc(NC(=O)[C@H](C)OC(=O)CCCOc2ccc(C)cc2)cc1. The Hall–Kier alpha value is -3.35. The van der Waals surface area contributed by atoms with Crippen LogP contribution in [0.15, 0.2) is 48.5 Å². The van der Waals surface area contributed by atoms with E-state index in [1.54, 1.807) is 24.3 Å². The number of benzene rings is 2. The minimum atomic E-state index is -0.921. The summed E-state index contributed by atoms with van der Waals surface area (Å²) in [7, 11) is 0. The highest BCUT2D eigenvalue weighted by Gasteiger charge is 2.17. The second kappa shape index (κ2) is 10.8. The van der Waals surface area contributed by atoms with E-state index in [-0.39, 0.29) is 12.3 Å². The van der Waals surface area contributed by atoms with E-state index < -0.39 is 18.0 Å². The van der Waals surface area contributed by atoms with Crippen LogP contribution in [0, 0.1) is 6.92 Å². The Kier molecular flexibility index (Phi) is 8.21. The monoisotopic (exact) mass is 398 g/mol. The highest BCUT2D eigenvalue weighted by Crippen LogP contribution is 2.15. The molecule has 2 amide bonds. The number of carbonyl (C=O) groups is 3. The van der Waals surface area contributed by atoms with Crippen molar-refractivity contribution in [3.05, 3.63) is 54.1 Å². The first-order valence-electron chi connectivity index (χ1n) is 9.41. The number of nitrogens with one attached hydrogen (secondary N) is 2. The van der Waals surface area contributed by atoms with Crippen LogP contribution in [-0.4, -0.2) is 30.5 Å². The lowest BCUT2D eigenvalue weighted by Gasteiger charge is -2.14. The van der Waals surface area contributed by atoms with Gasteiger partial charge >= 0.3 is 5.97 Å². The Labute approximate surface area is 170 Å². The van der Waals surface area contributed by atoms with Gasteiger partial charge in [-0.2, -0.15) is 0 Å². The largest absolute Gasteiger partial charge is 0.494 e. The molecule has 0 saturated carbocycles. The van der Waals surface area contributed by atoms with E-state index in [2.05, 4.69) is 10.6 Å². The molecule has 0 aliphatic heterocycles. The van der Waals surface area contributed by atoms with Crippen LogP contribution in [0.25, 0.3) is 0 Å². The van der Waals surface area contributed by atoms with Crippen molar-refractivity contribution in [1.82, 2.24) is 0 Å². The lowest BCUT2D eigenvalue weighted by atomic mass is 10.2. The van der Waals surface area contributed by atoms with Crippen LogP contribution in [-0.2, 0) is 19.1 Å². The summed E-state index contributed by atoms with van der Waals surface area (Å²) in [6.45, 7) is 5.32. The highest BCUT2D eigenvalue weighted by atomic mass is 16.5. The molecule has 7 nitrogen and oxygen atoms in total. The zero-order valence-electron chi connectivity index (χ0n) is 16.9. The number of rotatable bonds is 9. The van der Waals surface area contributed by atoms with Crippen LogP contribution in [0.1, 0.15) is 32.3 Å². The molecule has 1 atom stereocenters. The van der Waals surface area contributed by atoms with Gasteiger partial charge < -0.3 is 20.1 Å². The predicted molar refractivity (Wildman–Crippen MR) is 111 cm³/mol. The molecular formula is C22H26N2O5. The lowest BCUT2D eigenvalue weighted by Crippen LogP contribution is -2.30. The number of amides is 2. The Bertz CT molecular complexity index is 831. The third-order valence-electron chi connectivity index (χ3n) is 3.97. The minimum absolute atomic E-state index is 0.162. The Morgan fingerprint density at radius 3 is 2.10 bits per heavy atom. The zero-order valence-corrected chi connectivity index (χ0v) is 16.9. The quantitative estimate of drug-likeness (QED) is 0.496. The number of esters is 1. The van der Waals surface area contributed by atoms with Gasteiger partial charge in [0, 0.05) is 24.7 Å². The van der Waals surface area contributed by atoms with Crippen molar-refractivity contribution in [2.24, 2.45) is 0 Å². The first kappa shape index (κ1) is 21.9. The molecule has 0 radical (unpaired) electrons. The average Bonchev–Trinajstić information content (AvgIpc) is 2.67. The summed E-state index contributed by atoms with van der Waals surface area (Å²) < 4.78 is 10.7. The molecule has 0 aromatic heterocycles. The minimum Gasteiger partial charge on any atom is -0.494 e. The summed E-state index contributed by atoms with van der Waals surface area (Å²) in [6, 6.07) is 14.3. The summed E-state index contributed by atoms with van der Waals surface area (Å²) in [5.41, 5.74) is 2.32. The fourth-order valence-electron chi connectivity index (χ4n) is 2.43. The third kappa shape index (κ3) is 8.04. The van der Waals surface area contributed by atoms with Gasteiger partial charge in [-0.25, -0.2) is 0 Å². The molecule has 2 aromatic carbocycles. The maximum Gasteiger partial charge on any atom is 0.306 e. The smallest absolute Gasteiger partial charge is 0.306 e. The molecule has 0 aliphatic rings. The molecule has 0 spiro atoms. The van der Waals surface area contributed by atoms with E-state index in [0.717, 1.165) is 11.3 Å². The number of ether oxygens (including phenoxy) is 2. The van der Waals surface area contributed by atoms with E-state index in [1.165, 1.54) is 13.8 Å². The maximum absolute atomic E-state index is 12.2. The Morgan fingerprint density at radius 1 is 0.931 bits per heavy atom. The van der Waals surface area contributed by atoms with Crippen LogP contribution in [0.3, 0.4) is 0 Å². The van der Waals surface area contributed by atoms with Gasteiger partial charge in [-0.3, -0.25) is 14.4 Å².